The number of carbonyl (C=O) groups is 2. The summed E-state index contributed by atoms with van der Waals surface area (Å²) in [5.74, 6) is -0.780. The molecule has 0 saturated heterocycles. The number of aliphatic carboxylic acids is 1. The molecular formula is C26H27N3O5. The van der Waals surface area contributed by atoms with Crippen LogP contribution >= 0.6 is 0 Å². The van der Waals surface area contributed by atoms with Crippen LogP contribution in [0.3, 0.4) is 0 Å². The highest BCUT2D eigenvalue weighted by atomic mass is 16.5. The minimum atomic E-state index is -0.972. The maximum atomic E-state index is 11.8. The van der Waals surface area contributed by atoms with E-state index in [9.17, 15) is 14.7 Å². The number of rotatable bonds is 7. The van der Waals surface area contributed by atoms with Gasteiger partial charge in [0, 0.05) is 23.5 Å². The first-order valence-corrected chi connectivity index (χ1v) is 10.7. The number of ether oxygens (including phenoxy) is 1. The van der Waals surface area contributed by atoms with Gasteiger partial charge in [0.05, 0.1) is 0 Å². The Morgan fingerprint density at radius 2 is 1.50 bits per heavy atom. The van der Waals surface area contributed by atoms with Gasteiger partial charge in [-0.15, -0.1) is 0 Å². The van der Waals surface area contributed by atoms with Gasteiger partial charge in [0.1, 0.15) is 23.6 Å². The van der Waals surface area contributed by atoms with Gasteiger partial charge in [0.25, 0.3) is 0 Å². The average Bonchev–Trinajstić information content (AvgIpc) is 3.24. The van der Waals surface area contributed by atoms with Crippen LogP contribution in [0.15, 0.2) is 85.1 Å². The number of phenolic OH excluding ortho intramolecular Hbond substituents is 1. The van der Waals surface area contributed by atoms with Crippen molar-refractivity contribution in [2.45, 2.75) is 24.9 Å². The van der Waals surface area contributed by atoms with Crippen molar-refractivity contribution >= 4 is 22.8 Å². The molecule has 0 saturated carbocycles. The molecule has 0 aliphatic rings. The van der Waals surface area contributed by atoms with Crippen molar-refractivity contribution < 1.29 is 24.5 Å². The van der Waals surface area contributed by atoms with E-state index in [0.29, 0.717) is 18.6 Å². The Balaban J connectivity index is 0.000000196. The lowest BCUT2D eigenvalue weighted by atomic mass is 10.1. The average molecular weight is 462 g/mol. The van der Waals surface area contributed by atoms with Gasteiger partial charge in [0.2, 0.25) is 0 Å². The third-order valence-corrected chi connectivity index (χ3v) is 5.09. The summed E-state index contributed by atoms with van der Waals surface area (Å²) in [6, 6.07) is 21.6. The fourth-order valence-electron chi connectivity index (χ4n) is 3.27. The fraction of sp³-hybridized carbons (Fsp3) is 0.154. The smallest absolute Gasteiger partial charge is 0.328 e. The topological polar surface area (TPSA) is 152 Å². The van der Waals surface area contributed by atoms with Crippen LogP contribution in [0.25, 0.3) is 10.9 Å². The molecule has 3 aromatic carbocycles. The number of benzene rings is 3. The van der Waals surface area contributed by atoms with Crippen LogP contribution in [0.4, 0.5) is 0 Å². The Morgan fingerprint density at radius 3 is 2.18 bits per heavy atom. The standard InChI is InChI=1S/C15H15NO3.C11H12N2O2/c16-14(10-11-6-8-12(17)9-7-11)15(18)19-13-4-2-1-3-5-13;12-9(11(14)15)5-7-6-13-10-4-2-1-3-8(7)10/h1-9,14,17H,10,16H2;1-4,6,9,13H,5,12H2,(H,14,15)/t14-;9-/m00/s1. The van der Waals surface area contributed by atoms with E-state index in [1.807, 2.05) is 36.5 Å². The minimum Gasteiger partial charge on any atom is -0.508 e. The first-order valence-electron chi connectivity index (χ1n) is 10.7. The number of H-pyrrole nitrogens is 1. The van der Waals surface area contributed by atoms with Crippen LogP contribution in [0.2, 0.25) is 0 Å². The highest BCUT2D eigenvalue weighted by molar-refractivity contribution is 5.84. The predicted octanol–water partition coefficient (Wildman–Crippen LogP) is 2.99. The van der Waals surface area contributed by atoms with Crippen LogP contribution in [0.1, 0.15) is 11.1 Å². The van der Waals surface area contributed by atoms with E-state index in [4.69, 9.17) is 21.3 Å². The van der Waals surface area contributed by atoms with E-state index in [0.717, 1.165) is 22.0 Å². The summed E-state index contributed by atoms with van der Waals surface area (Å²) in [6.07, 6.45) is 2.53. The first kappa shape index (κ1) is 24.5. The molecule has 4 rings (SSSR count). The fourth-order valence-corrected chi connectivity index (χ4v) is 3.27. The molecule has 7 N–H and O–H groups in total. The summed E-state index contributed by atoms with van der Waals surface area (Å²) in [7, 11) is 0. The highest BCUT2D eigenvalue weighted by Gasteiger charge is 2.16. The number of hydrogen-bond acceptors (Lipinski definition) is 6. The lowest BCUT2D eigenvalue weighted by Gasteiger charge is -2.11. The molecule has 34 heavy (non-hydrogen) atoms. The normalized spacial score (nSPS) is 12.3. The number of carbonyl (C=O) groups excluding carboxylic acids is 1. The Morgan fingerprint density at radius 1 is 0.853 bits per heavy atom. The zero-order chi connectivity index (χ0) is 24.5. The number of esters is 1. The molecule has 0 radical (unpaired) electrons. The van der Waals surface area contributed by atoms with E-state index >= 15 is 0 Å². The van der Waals surface area contributed by atoms with E-state index in [2.05, 4.69) is 4.98 Å². The van der Waals surface area contributed by atoms with Gasteiger partial charge in [-0.1, -0.05) is 48.5 Å². The van der Waals surface area contributed by atoms with Gasteiger partial charge in [-0.25, -0.2) is 4.79 Å². The van der Waals surface area contributed by atoms with Crippen LogP contribution < -0.4 is 16.2 Å². The Bertz CT molecular complexity index is 1220. The second-order valence-corrected chi connectivity index (χ2v) is 7.72. The molecule has 0 amide bonds. The van der Waals surface area contributed by atoms with Crippen molar-refractivity contribution in [1.82, 2.24) is 4.98 Å². The molecule has 8 nitrogen and oxygen atoms in total. The van der Waals surface area contributed by atoms with Crippen molar-refractivity contribution in [3.05, 3.63) is 96.2 Å². The third-order valence-electron chi connectivity index (χ3n) is 5.09. The highest BCUT2D eigenvalue weighted by Crippen LogP contribution is 2.18. The van der Waals surface area contributed by atoms with Crippen molar-refractivity contribution in [3.8, 4) is 11.5 Å². The maximum Gasteiger partial charge on any atom is 0.328 e. The molecular weight excluding hydrogens is 434 g/mol. The SMILES string of the molecule is N[C@@H](Cc1c[nH]c2ccccc12)C(=O)O.N[C@@H](Cc1ccc(O)cc1)C(=O)Oc1ccccc1. The number of phenols is 1. The second-order valence-electron chi connectivity index (χ2n) is 7.72. The number of para-hydroxylation sites is 2. The molecule has 0 spiro atoms. The summed E-state index contributed by atoms with van der Waals surface area (Å²) in [5.41, 5.74) is 14.1. The van der Waals surface area contributed by atoms with Crippen LogP contribution in [0.5, 0.6) is 11.5 Å². The molecule has 0 bridgehead atoms. The molecule has 2 atom stereocenters. The number of aromatic nitrogens is 1. The third kappa shape index (κ3) is 6.93. The summed E-state index contributed by atoms with van der Waals surface area (Å²) in [6.45, 7) is 0. The zero-order valence-corrected chi connectivity index (χ0v) is 18.4. The maximum absolute atomic E-state index is 11.8. The lowest BCUT2D eigenvalue weighted by Crippen LogP contribution is -2.36. The Hall–Kier alpha value is -4.14. The van der Waals surface area contributed by atoms with Crippen molar-refractivity contribution in [1.29, 1.82) is 0 Å². The summed E-state index contributed by atoms with van der Waals surface area (Å²) >= 11 is 0. The number of carboxylic acid groups (broad SMARTS) is 1. The molecule has 0 unspecified atom stereocenters. The van der Waals surface area contributed by atoms with E-state index < -0.39 is 24.0 Å². The summed E-state index contributed by atoms with van der Waals surface area (Å²) < 4.78 is 5.16. The Labute approximate surface area is 196 Å². The Kier molecular flexibility index (Phi) is 8.39. The number of fused-ring (bicyclic) bond motifs is 1. The van der Waals surface area contributed by atoms with Crippen molar-refractivity contribution in [2.75, 3.05) is 0 Å². The second kappa shape index (κ2) is 11.6. The molecule has 1 heterocycles. The van der Waals surface area contributed by atoms with Gasteiger partial charge in [0.15, 0.2) is 0 Å². The molecule has 1 aromatic heterocycles. The van der Waals surface area contributed by atoms with Crippen molar-refractivity contribution in [3.63, 3.8) is 0 Å². The van der Waals surface area contributed by atoms with Crippen LogP contribution in [0, 0.1) is 0 Å². The molecule has 8 heteroatoms. The quantitative estimate of drug-likeness (QED) is 0.210. The number of nitrogens with one attached hydrogen (secondary N) is 1. The number of nitrogens with two attached hydrogens (primary N) is 2. The van der Waals surface area contributed by atoms with E-state index in [-0.39, 0.29) is 5.75 Å². The van der Waals surface area contributed by atoms with Crippen LogP contribution in [-0.4, -0.2) is 39.2 Å². The van der Waals surface area contributed by atoms with Gasteiger partial charge >= 0.3 is 11.9 Å². The van der Waals surface area contributed by atoms with Crippen LogP contribution in [-0.2, 0) is 22.4 Å². The van der Waals surface area contributed by atoms with Gasteiger partial charge in [-0.2, -0.15) is 0 Å². The molecule has 176 valence electrons. The lowest BCUT2D eigenvalue weighted by molar-refractivity contribution is -0.138. The minimum absolute atomic E-state index is 0.184. The summed E-state index contributed by atoms with van der Waals surface area (Å²) in [4.78, 5) is 25.5. The number of aromatic amines is 1. The molecule has 0 aliphatic carbocycles. The van der Waals surface area contributed by atoms with E-state index in [1.54, 1.807) is 48.5 Å². The number of carboxylic acids is 1. The molecule has 4 aromatic rings. The van der Waals surface area contributed by atoms with E-state index in [1.165, 1.54) is 0 Å². The number of aromatic hydroxyl groups is 1. The number of hydrogen-bond donors (Lipinski definition) is 5. The molecule has 0 aliphatic heterocycles. The predicted molar refractivity (Wildman–Crippen MR) is 129 cm³/mol. The largest absolute Gasteiger partial charge is 0.508 e. The summed E-state index contributed by atoms with van der Waals surface area (Å²) in [5, 5.41) is 18.9. The van der Waals surface area contributed by atoms with Gasteiger partial charge in [-0.3, -0.25) is 4.79 Å². The van der Waals surface area contributed by atoms with Crippen molar-refractivity contribution in [2.24, 2.45) is 11.5 Å². The van der Waals surface area contributed by atoms with Gasteiger partial charge in [-0.05, 0) is 47.9 Å². The first-order chi connectivity index (χ1) is 16.3. The monoisotopic (exact) mass is 461 g/mol. The molecule has 0 fully saturated rings. The zero-order valence-electron chi connectivity index (χ0n) is 18.4. The van der Waals surface area contributed by atoms with Gasteiger partial charge < -0.3 is 31.4 Å².